The molecule has 4 aromatic rings. The van der Waals surface area contributed by atoms with Crippen molar-refractivity contribution < 1.29 is 31.6 Å². The van der Waals surface area contributed by atoms with E-state index in [4.69, 9.17) is 14.6 Å². The number of furan rings is 1. The van der Waals surface area contributed by atoms with Crippen molar-refractivity contribution in [3.8, 4) is 11.3 Å². The molecule has 186 valence electrons. The Labute approximate surface area is 207 Å². The number of primary amides is 1. The molecule has 0 spiro atoms. The summed E-state index contributed by atoms with van der Waals surface area (Å²) in [5, 5.41) is 0.600. The molecule has 2 amide bonds. The monoisotopic (exact) mass is 515 g/mol. The fourth-order valence-electron chi connectivity index (χ4n) is 4.28. The molecule has 1 saturated heterocycles. The van der Waals surface area contributed by atoms with Gasteiger partial charge in [-0.3, -0.25) is 9.59 Å². The number of hydrogen-bond acceptors (Lipinski definition) is 6. The number of rotatable bonds is 5. The number of nitrogens with two attached hydrogens (primary N) is 1. The molecule has 2 aromatic heterocycles. The minimum atomic E-state index is -4.53. The van der Waals surface area contributed by atoms with Crippen LogP contribution < -0.4 is 5.73 Å². The Morgan fingerprint density at radius 2 is 1.94 bits per heavy atom. The maximum atomic E-state index is 13.5. The summed E-state index contributed by atoms with van der Waals surface area (Å²) in [5.74, 6) is 0.747. The first-order valence-electron chi connectivity index (χ1n) is 11.0. The maximum absolute atomic E-state index is 13.5. The highest BCUT2D eigenvalue weighted by atomic mass is 32.2. The highest BCUT2D eigenvalue weighted by Crippen LogP contribution is 2.35. The standard InChI is InChI=1S/C25H20F3N3O4S/c1-13-30-21(22(34-13)14-4-2-5-15(8-14)25(26,27)28)24(33)31-12-36-11-16(31)9-17-10-19-18(23(29)32)6-3-7-20(19)35-17/h2-8,10,16H,9,11-12H2,1H3,(H2,29,32)/t16-/m1/s1. The van der Waals surface area contributed by atoms with Crippen molar-refractivity contribution in [3.63, 3.8) is 0 Å². The van der Waals surface area contributed by atoms with Crippen molar-refractivity contribution in [3.05, 3.63) is 77.0 Å². The Bertz CT molecular complexity index is 1480. The number of amides is 2. The molecule has 5 rings (SSSR count). The molecule has 36 heavy (non-hydrogen) atoms. The van der Waals surface area contributed by atoms with Crippen LogP contribution in [0.15, 0.2) is 57.4 Å². The van der Waals surface area contributed by atoms with Crippen LogP contribution in [0.25, 0.3) is 22.3 Å². The number of fused-ring (bicyclic) bond motifs is 1. The van der Waals surface area contributed by atoms with Crippen LogP contribution in [0.5, 0.6) is 0 Å². The van der Waals surface area contributed by atoms with E-state index < -0.39 is 23.6 Å². The van der Waals surface area contributed by atoms with Gasteiger partial charge in [0, 0.05) is 36.1 Å². The van der Waals surface area contributed by atoms with E-state index in [-0.39, 0.29) is 29.0 Å². The number of halogens is 3. The summed E-state index contributed by atoms with van der Waals surface area (Å²) < 4.78 is 51.2. The molecule has 0 bridgehead atoms. The zero-order chi connectivity index (χ0) is 25.6. The first kappa shape index (κ1) is 24.0. The number of benzene rings is 2. The third-order valence-corrected chi connectivity index (χ3v) is 7.03. The Hall–Kier alpha value is -3.73. The van der Waals surface area contributed by atoms with E-state index in [1.165, 1.54) is 19.1 Å². The zero-order valence-corrected chi connectivity index (χ0v) is 19.8. The smallest absolute Gasteiger partial charge is 0.416 e. The average molecular weight is 516 g/mol. The second kappa shape index (κ2) is 9.05. The Balaban J connectivity index is 1.43. The highest BCUT2D eigenvalue weighted by Gasteiger charge is 2.35. The van der Waals surface area contributed by atoms with Crippen LogP contribution in [-0.4, -0.2) is 39.4 Å². The van der Waals surface area contributed by atoms with E-state index in [1.54, 1.807) is 40.9 Å². The van der Waals surface area contributed by atoms with Gasteiger partial charge in [0.15, 0.2) is 17.3 Å². The van der Waals surface area contributed by atoms with Crippen LogP contribution in [-0.2, 0) is 12.6 Å². The summed E-state index contributed by atoms with van der Waals surface area (Å²) in [6.45, 7) is 1.54. The van der Waals surface area contributed by atoms with Crippen molar-refractivity contribution >= 4 is 34.5 Å². The number of alkyl halides is 3. The first-order chi connectivity index (χ1) is 17.1. The fourth-order valence-corrected chi connectivity index (χ4v) is 5.48. The lowest BCUT2D eigenvalue weighted by Gasteiger charge is -2.22. The van der Waals surface area contributed by atoms with Crippen LogP contribution in [0.4, 0.5) is 13.2 Å². The molecule has 1 aliphatic rings. The number of thioether (sulfide) groups is 1. The normalized spacial score (nSPS) is 16.1. The van der Waals surface area contributed by atoms with Gasteiger partial charge in [-0.1, -0.05) is 18.2 Å². The molecule has 0 aliphatic carbocycles. The summed E-state index contributed by atoms with van der Waals surface area (Å²) >= 11 is 1.54. The van der Waals surface area contributed by atoms with Gasteiger partial charge in [-0.05, 0) is 30.3 Å². The van der Waals surface area contributed by atoms with Crippen LogP contribution in [0, 0.1) is 6.92 Å². The number of aromatic nitrogens is 1. The molecule has 3 heterocycles. The molecule has 7 nitrogen and oxygen atoms in total. The SMILES string of the molecule is Cc1nc(C(=O)N2CSC[C@H]2Cc2cc3c(C(N)=O)cccc3o2)c(-c2cccc(C(F)(F)F)c2)o1. The molecule has 1 aliphatic heterocycles. The van der Waals surface area contributed by atoms with Gasteiger partial charge < -0.3 is 19.5 Å². The minimum absolute atomic E-state index is 0.00547. The van der Waals surface area contributed by atoms with Crippen molar-refractivity contribution in [2.75, 3.05) is 11.6 Å². The lowest BCUT2D eigenvalue weighted by molar-refractivity contribution is -0.137. The van der Waals surface area contributed by atoms with Gasteiger partial charge in [0.2, 0.25) is 5.91 Å². The van der Waals surface area contributed by atoms with Crippen LogP contribution >= 0.6 is 11.8 Å². The number of aryl methyl sites for hydroxylation is 1. The molecule has 0 saturated carbocycles. The summed E-state index contributed by atoms with van der Waals surface area (Å²) in [6.07, 6.45) is -4.16. The summed E-state index contributed by atoms with van der Waals surface area (Å²) in [5.41, 5.74) is 5.56. The van der Waals surface area contributed by atoms with Crippen LogP contribution in [0.3, 0.4) is 0 Å². The number of carbonyl (C=O) groups is 2. The Morgan fingerprint density at radius 1 is 1.17 bits per heavy atom. The van der Waals surface area contributed by atoms with E-state index in [0.29, 0.717) is 40.3 Å². The zero-order valence-electron chi connectivity index (χ0n) is 19.0. The molecule has 2 N–H and O–H groups in total. The highest BCUT2D eigenvalue weighted by molar-refractivity contribution is 7.99. The third kappa shape index (κ3) is 4.46. The minimum Gasteiger partial charge on any atom is -0.461 e. The molecule has 2 aromatic carbocycles. The van der Waals surface area contributed by atoms with Gasteiger partial charge in [0.05, 0.1) is 17.0 Å². The molecule has 1 atom stereocenters. The number of nitrogens with zero attached hydrogens (tertiary/aromatic N) is 2. The van der Waals surface area contributed by atoms with Gasteiger partial charge >= 0.3 is 6.18 Å². The first-order valence-corrected chi connectivity index (χ1v) is 12.1. The summed E-state index contributed by atoms with van der Waals surface area (Å²) in [4.78, 5) is 31.1. The van der Waals surface area contributed by atoms with E-state index >= 15 is 0 Å². The second-order valence-corrected chi connectivity index (χ2v) is 9.42. The summed E-state index contributed by atoms with van der Waals surface area (Å²) in [6, 6.07) is 11.1. The molecular weight excluding hydrogens is 495 g/mol. The predicted octanol–water partition coefficient (Wildman–Crippen LogP) is 5.27. The quantitative estimate of drug-likeness (QED) is 0.388. The number of oxazole rings is 1. The van der Waals surface area contributed by atoms with Crippen molar-refractivity contribution in [2.24, 2.45) is 5.73 Å². The van der Waals surface area contributed by atoms with Gasteiger partial charge in [0.1, 0.15) is 11.3 Å². The van der Waals surface area contributed by atoms with Crippen molar-refractivity contribution in [1.82, 2.24) is 9.88 Å². The molecule has 0 unspecified atom stereocenters. The average Bonchev–Trinajstić information content (AvgIpc) is 3.56. The van der Waals surface area contributed by atoms with E-state index in [9.17, 15) is 22.8 Å². The predicted molar refractivity (Wildman–Crippen MR) is 127 cm³/mol. The summed E-state index contributed by atoms with van der Waals surface area (Å²) in [7, 11) is 0. The van der Waals surface area contributed by atoms with Gasteiger partial charge in [-0.25, -0.2) is 4.98 Å². The van der Waals surface area contributed by atoms with Crippen molar-refractivity contribution in [2.45, 2.75) is 25.6 Å². The molecule has 1 fully saturated rings. The maximum Gasteiger partial charge on any atom is 0.416 e. The Morgan fingerprint density at radius 3 is 2.69 bits per heavy atom. The van der Waals surface area contributed by atoms with E-state index in [2.05, 4.69) is 4.98 Å². The lowest BCUT2D eigenvalue weighted by atomic mass is 10.1. The number of carbonyl (C=O) groups excluding carboxylic acids is 2. The third-order valence-electron chi connectivity index (χ3n) is 5.95. The number of hydrogen-bond donors (Lipinski definition) is 1. The van der Waals surface area contributed by atoms with Crippen LogP contribution in [0.1, 0.15) is 38.1 Å². The second-order valence-electron chi connectivity index (χ2n) is 8.42. The van der Waals surface area contributed by atoms with Gasteiger partial charge in [0.25, 0.3) is 5.91 Å². The van der Waals surface area contributed by atoms with E-state index in [1.807, 2.05) is 0 Å². The topological polar surface area (TPSA) is 103 Å². The van der Waals surface area contributed by atoms with E-state index in [0.717, 1.165) is 12.1 Å². The molecule has 11 heteroatoms. The van der Waals surface area contributed by atoms with Crippen molar-refractivity contribution in [1.29, 1.82) is 0 Å². The van der Waals surface area contributed by atoms with Crippen LogP contribution in [0.2, 0.25) is 0 Å². The van der Waals surface area contributed by atoms with Gasteiger partial charge in [-0.2, -0.15) is 13.2 Å². The fraction of sp³-hybridized carbons (Fsp3) is 0.240. The Kier molecular flexibility index (Phi) is 6.03. The largest absolute Gasteiger partial charge is 0.461 e. The van der Waals surface area contributed by atoms with Gasteiger partial charge in [-0.15, -0.1) is 11.8 Å². The molecular formula is C25H20F3N3O4S. The molecule has 0 radical (unpaired) electrons. The lowest BCUT2D eigenvalue weighted by Crippen LogP contribution is -2.38.